The topological polar surface area (TPSA) is 92.5 Å². The lowest BCUT2D eigenvalue weighted by atomic mass is 10.1. The Kier molecular flexibility index (Phi) is 4.62. The zero-order valence-corrected chi connectivity index (χ0v) is 17.5. The van der Waals surface area contributed by atoms with Crippen LogP contribution in [0.3, 0.4) is 0 Å². The smallest absolute Gasteiger partial charge is 0.168 e. The summed E-state index contributed by atoms with van der Waals surface area (Å²) in [5.41, 5.74) is 8.14. The number of hydrogen-bond acceptors (Lipinski definition) is 10. The van der Waals surface area contributed by atoms with Gasteiger partial charge in [0.05, 0.1) is 22.5 Å². The van der Waals surface area contributed by atoms with Gasteiger partial charge >= 0.3 is 0 Å². The van der Waals surface area contributed by atoms with Crippen molar-refractivity contribution in [2.45, 2.75) is 31.6 Å². The molecule has 1 saturated heterocycles. The number of benzene rings is 1. The van der Waals surface area contributed by atoms with Gasteiger partial charge in [0.15, 0.2) is 6.17 Å². The van der Waals surface area contributed by atoms with Crippen LogP contribution >= 0.6 is 11.3 Å². The molecule has 156 valence electrons. The predicted molar refractivity (Wildman–Crippen MR) is 117 cm³/mol. The summed E-state index contributed by atoms with van der Waals surface area (Å²) in [4.78, 5) is 14.8. The van der Waals surface area contributed by atoms with Crippen molar-refractivity contribution in [1.29, 1.82) is 0 Å². The average Bonchev–Trinajstić information content (AvgIpc) is 3.33. The van der Waals surface area contributed by atoms with E-state index in [1.54, 1.807) is 11.3 Å². The van der Waals surface area contributed by atoms with E-state index in [0.717, 1.165) is 44.1 Å². The van der Waals surface area contributed by atoms with Crippen LogP contribution in [-0.4, -0.2) is 59.0 Å². The van der Waals surface area contributed by atoms with E-state index in [0.29, 0.717) is 5.92 Å². The summed E-state index contributed by atoms with van der Waals surface area (Å²) in [7, 11) is 0. The van der Waals surface area contributed by atoms with Gasteiger partial charge in [0.1, 0.15) is 16.9 Å². The third kappa shape index (κ3) is 3.55. The van der Waals surface area contributed by atoms with Crippen LogP contribution in [-0.2, 0) is 6.54 Å². The number of amidine groups is 1. The number of aliphatic imine (C=N–C) groups is 1. The number of para-hydroxylation sites is 1. The summed E-state index contributed by atoms with van der Waals surface area (Å²) >= 11 is 1.80. The molecule has 30 heavy (non-hydrogen) atoms. The van der Waals surface area contributed by atoms with E-state index >= 15 is 0 Å². The van der Waals surface area contributed by atoms with Gasteiger partial charge in [-0.15, -0.1) is 16.5 Å². The van der Waals surface area contributed by atoms with Crippen molar-refractivity contribution in [2.75, 3.05) is 26.2 Å². The van der Waals surface area contributed by atoms with Crippen molar-refractivity contribution in [3.05, 3.63) is 41.2 Å². The largest absolute Gasteiger partial charge is 0.377 e. The highest BCUT2D eigenvalue weighted by Gasteiger charge is 2.37. The number of hydrazine groups is 1. The number of rotatable bonds is 4. The molecule has 2 aromatic rings. The van der Waals surface area contributed by atoms with E-state index in [9.17, 15) is 0 Å². The van der Waals surface area contributed by atoms with Crippen molar-refractivity contribution in [1.82, 2.24) is 31.1 Å². The minimum Gasteiger partial charge on any atom is -0.377 e. The molecule has 3 N–H and O–H groups in total. The highest BCUT2D eigenvalue weighted by molar-refractivity contribution is 7.18. The molecule has 6 rings (SSSR count). The second-order valence-electron chi connectivity index (χ2n) is 8.21. The summed E-state index contributed by atoms with van der Waals surface area (Å²) in [6, 6.07) is 8.37. The first-order valence-corrected chi connectivity index (χ1v) is 11.4. The van der Waals surface area contributed by atoms with E-state index in [1.807, 2.05) is 0 Å². The summed E-state index contributed by atoms with van der Waals surface area (Å²) in [6.07, 6.45) is 4.41. The van der Waals surface area contributed by atoms with Crippen LogP contribution in [0.5, 0.6) is 0 Å². The number of allylic oxidation sites excluding steroid dienone is 1. The number of aromatic nitrogens is 1. The molecule has 2 fully saturated rings. The Labute approximate surface area is 178 Å². The molecular formula is C20H25N9S. The molecule has 0 bridgehead atoms. The Morgan fingerprint density at radius 3 is 2.73 bits per heavy atom. The fourth-order valence-corrected chi connectivity index (χ4v) is 5.26. The van der Waals surface area contributed by atoms with Crippen LogP contribution in [0.1, 0.15) is 17.8 Å². The summed E-state index contributed by atoms with van der Waals surface area (Å²) in [5.74, 6) is 1.70. The van der Waals surface area contributed by atoms with Gasteiger partial charge in [-0.3, -0.25) is 4.90 Å². The molecule has 1 aliphatic carbocycles. The third-order valence-corrected chi connectivity index (χ3v) is 7.10. The first-order valence-electron chi connectivity index (χ1n) is 10.6. The number of thiazole rings is 1. The van der Waals surface area contributed by atoms with Gasteiger partial charge in [0.2, 0.25) is 0 Å². The van der Waals surface area contributed by atoms with Crippen molar-refractivity contribution < 1.29 is 0 Å². The maximum atomic E-state index is 5.07. The van der Waals surface area contributed by atoms with Crippen molar-refractivity contribution in [2.24, 2.45) is 21.2 Å². The summed E-state index contributed by atoms with van der Waals surface area (Å²) < 4.78 is 1.27. The average molecular weight is 424 g/mol. The SMILES string of the molecule is C1=C(C2CC2)N=C(N2CCN(Cc3nc4ccccc4s3)CC2)C(C2N=NNN2)N1. The Morgan fingerprint density at radius 1 is 1.10 bits per heavy atom. The van der Waals surface area contributed by atoms with Crippen LogP contribution in [0.25, 0.3) is 10.2 Å². The molecule has 2 atom stereocenters. The minimum absolute atomic E-state index is 0.0120. The van der Waals surface area contributed by atoms with Gasteiger partial charge in [-0.25, -0.2) is 15.5 Å². The summed E-state index contributed by atoms with van der Waals surface area (Å²) in [5, 5.41) is 12.9. The van der Waals surface area contributed by atoms with E-state index in [2.05, 4.69) is 66.9 Å². The first-order chi connectivity index (χ1) is 14.8. The number of hydrogen-bond donors (Lipinski definition) is 3. The molecule has 3 aliphatic heterocycles. The molecule has 1 saturated carbocycles. The zero-order chi connectivity index (χ0) is 19.9. The Morgan fingerprint density at radius 2 is 1.97 bits per heavy atom. The molecule has 4 aliphatic rings. The number of piperazine rings is 1. The molecule has 1 aromatic heterocycles. The normalized spacial score (nSPS) is 27.0. The molecule has 9 nitrogen and oxygen atoms in total. The Balaban J connectivity index is 1.14. The lowest BCUT2D eigenvalue weighted by Gasteiger charge is -2.40. The van der Waals surface area contributed by atoms with Crippen LogP contribution in [0.4, 0.5) is 0 Å². The van der Waals surface area contributed by atoms with Crippen molar-refractivity contribution in [3.63, 3.8) is 0 Å². The van der Waals surface area contributed by atoms with E-state index in [-0.39, 0.29) is 12.2 Å². The van der Waals surface area contributed by atoms with Crippen LogP contribution in [0.2, 0.25) is 0 Å². The molecule has 10 heteroatoms. The molecule has 4 heterocycles. The third-order valence-electron chi connectivity index (χ3n) is 6.08. The standard InChI is InChI=1S/C20H25N9S/c1-2-4-16-14(3-1)22-17(30-16)12-28-7-9-29(10-8-28)20-18(19-24-26-27-25-19)21-11-15(23-20)13-5-6-13/h1-4,11,13,18-19,21H,5-10,12H2,(H,24,27)(H,25,26). The van der Waals surface area contributed by atoms with Crippen LogP contribution < -0.4 is 16.3 Å². The van der Waals surface area contributed by atoms with E-state index < -0.39 is 0 Å². The van der Waals surface area contributed by atoms with Gasteiger partial charge < -0.3 is 10.2 Å². The maximum Gasteiger partial charge on any atom is 0.168 e. The van der Waals surface area contributed by atoms with Gasteiger partial charge in [-0.2, -0.15) is 5.43 Å². The van der Waals surface area contributed by atoms with Gasteiger partial charge in [0, 0.05) is 38.3 Å². The number of nitrogens with one attached hydrogen (secondary N) is 3. The predicted octanol–water partition coefficient (Wildman–Crippen LogP) is 1.84. The van der Waals surface area contributed by atoms with Gasteiger partial charge in [-0.1, -0.05) is 17.4 Å². The van der Waals surface area contributed by atoms with Gasteiger partial charge in [0.25, 0.3) is 0 Å². The van der Waals surface area contributed by atoms with E-state index in [4.69, 9.17) is 9.98 Å². The van der Waals surface area contributed by atoms with Crippen LogP contribution in [0, 0.1) is 5.92 Å². The molecule has 0 amide bonds. The summed E-state index contributed by atoms with van der Waals surface area (Å²) in [6.45, 7) is 4.83. The highest BCUT2D eigenvalue weighted by atomic mass is 32.1. The number of nitrogens with zero attached hydrogens (tertiary/aromatic N) is 6. The lowest BCUT2D eigenvalue weighted by molar-refractivity contribution is 0.171. The lowest BCUT2D eigenvalue weighted by Crippen LogP contribution is -2.59. The minimum atomic E-state index is -0.151. The quantitative estimate of drug-likeness (QED) is 0.695. The van der Waals surface area contributed by atoms with Crippen molar-refractivity contribution in [3.8, 4) is 0 Å². The first kappa shape index (κ1) is 18.2. The molecule has 1 aromatic carbocycles. The molecule has 0 spiro atoms. The Hall–Kier alpha value is -2.56. The molecule has 0 radical (unpaired) electrons. The second-order valence-corrected chi connectivity index (χ2v) is 9.33. The molecule has 2 unspecified atom stereocenters. The Bertz CT molecular complexity index is 983. The number of fused-ring (bicyclic) bond motifs is 1. The second kappa shape index (κ2) is 7.60. The van der Waals surface area contributed by atoms with E-state index in [1.165, 1.54) is 28.2 Å². The zero-order valence-electron chi connectivity index (χ0n) is 16.7. The van der Waals surface area contributed by atoms with Crippen molar-refractivity contribution >= 4 is 27.4 Å². The molecular weight excluding hydrogens is 398 g/mol. The van der Waals surface area contributed by atoms with Gasteiger partial charge in [-0.05, 0) is 25.0 Å². The van der Waals surface area contributed by atoms with Crippen LogP contribution in [0.15, 0.2) is 51.5 Å². The fourth-order valence-electron chi connectivity index (χ4n) is 4.25. The highest BCUT2D eigenvalue weighted by Crippen LogP contribution is 2.38. The maximum absolute atomic E-state index is 5.07. The fraction of sp³-hybridized carbons (Fsp3) is 0.500. The monoisotopic (exact) mass is 423 g/mol.